The molecule has 0 unspecified atom stereocenters. The lowest BCUT2D eigenvalue weighted by atomic mass is 10.0. The van der Waals surface area contributed by atoms with E-state index in [0.29, 0.717) is 55.2 Å². The summed E-state index contributed by atoms with van der Waals surface area (Å²) in [6.45, 7) is 7.67. The van der Waals surface area contributed by atoms with Crippen molar-refractivity contribution in [1.82, 2.24) is 39.5 Å². The number of aryl methyl sites for hydroxylation is 1. The van der Waals surface area contributed by atoms with E-state index in [4.69, 9.17) is 24.4 Å². The zero-order valence-corrected chi connectivity index (χ0v) is 20.0. The molecule has 1 N–H and O–H groups in total. The third-order valence-corrected chi connectivity index (χ3v) is 7.12. The molecule has 12 nitrogen and oxygen atoms in total. The maximum absolute atomic E-state index is 13.4. The molecule has 3 aliphatic heterocycles. The molecule has 3 saturated heterocycles. The number of aromatic nitrogens is 6. The van der Waals surface area contributed by atoms with Crippen molar-refractivity contribution in [2.24, 2.45) is 7.05 Å². The van der Waals surface area contributed by atoms with E-state index in [9.17, 15) is 4.79 Å². The molecule has 0 atom stereocenters. The third-order valence-electron chi connectivity index (χ3n) is 7.12. The summed E-state index contributed by atoms with van der Waals surface area (Å²) in [5.41, 5.74) is 1.99. The number of likely N-dealkylation sites (tertiary alicyclic amines) is 1. The number of aromatic amines is 1. The summed E-state index contributed by atoms with van der Waals surface area (Å²) in [5, 5.41) is 4.26. The van der Waals surface area contributed by atoms with Crippen molar-refractivity contribution in [2.75, 3.05) is 70.6 Å². The molecule has 1 amide bonds. The highest BCUT2D eigenvalue weighted by molar-refractivity contribution is 5.96. The molecular weight excluding hydrogens is 450 g/mol. The van der Waals surface area contributed by atoms with Gasteiger partial charge in [-0.2, -0.15) is 5.10 Å². The molecule has 3 aromatic rings. The SMILES string of the molecule is Cn1cc(-c2nc(N3CCOCC3)c3nc(C(=O)N4CCC(N5CCOCC5)CC4)[nH]c3n2)cn1. The van der Waals surface area contributed by atoms with Crippen LogP contribution in [0, 0.1) is 0 Å². The first-order chi connectivity index (χ1) is 17.2. The molecule has 0 aromatic carbocycles. The summed E-state index contributed by atoms with van der Waals surface area (Å²) in [7, 11) is 1.86. The van der Waals surface area contributed by atoms with Gasteiger partial charge in [-0.3, -0.25) is 14.4 Å². The zero-order valence-electron chi connectivity index (χ0n) is 20.0. The Morgan fingerprint density at radius 1 is 0.971 bits per heavy atom. The van der Waals surface area contributed by atoms with Gasteiger partial charge in [-0.05, 0) is 12.8 Å². The fourth-order valence-corrected chi connectivity index (χ4v) is 5.17. The number of imidazole rings is 1. The van der Waals surface area contributed by atoms with Gasteiger partial charge in [0.2, 0.25) is 0 Å². The van der Waals surface area contributed by atoms with Crippen LogP contribution in [0.3, 0.4) is 0 Å². The van der Waals surface area contributed by atoms with Crippen LogP contribution < -0.4 is 4.90 Å². The molecule has 3 aromatic heterocycles. The van der Waals surface area contributed by atoms with Crippen LogP contribution in [0.1, 0.15) is 23.5 Å². The van der Waals surface area contributed by atoms with Crippen LogP contribution in [-0.4, -0.2) is 117 Å². The van der Waals surface area contributed by atoms with E-state index >= 15 is 0 Å². The van der Waals surface area contributed by atoms with Crippen molar-refractivity contribution in [3.05, 3.63) is 18.2 Å². The van der Waals surface area contributed by atoms with Gasteiger partial charge in [0.15, 0.2) is 28.6 Å². The van der Waals surface area contributed by atoms with Gasteiger partial charge in [0, 0.05) is 58.6 Å². The van der Waals surface area contributed by atoms with Crippen LogP contribution in [0.4, 0.5) is 5.82 Å². The molecule has 186 valence electrons. The van der Waals surface area contributed by atoms with Crippen LogP contribution in [0.15, 0.2) is 12.4 Å². The van der Waals surface area contributed by atoms with Crippen molar-refractivity contribution >= 4 is 22.9 Å². The lowest BCUT2D eigenvalue weighted by molar-refractivity contribution is 0.00147. The average molecular weight is 482 g/mol. The average Bonchev–Trinajstić information content (AvgIpc) is 3.55. The topological polar surface area (TPSA) is 118 Å². The summed E-state index contributed by atoms with van der Waals surface area (Å²) in [5.74, 6) is 1.51. The first-order valence-electron chi connectivity index (χ1n) is 12.4. The maximum Gasteiger partial charge on any atom is 0.289 e. The summed E-state index contributed by atoms with van der Waals surface area (Å²) >= 11 is 0. The van der Waals surface area contributed by atoms with Crippen LogP contribution in [0.2, 0.25) is 0 Å². The maximum atomic E-state index is 13.4. The van der Waals surface area contributed by atoms with Crippen molar-refractivity contribution in [2.45, 2.75) is 18.9 Å². The Morgan fingerprint density at radius 2 is 1.69 bits per heavy atom. The number of hydrogen-bond donors (Lipinski definition) is 1. The van der Waals surface area contributed by atoms with E-state index in [1.54, 1.807) is 10.9 Å². The van der Waals surface area contributed by atoms with Gasteiger partial charge in [0.05, 0.1) is 38.2 Å². The Morgan fingerprint density at radius 3 is 2.37 bits per heavy atom. The Labute approximate surface area is 203 Å². The first kappa shape index (κ1) is 22.4. The van der Waals surface area contributed by atoms with Crippen molar-refractivity contribution in [1.29, 1.82) is 0 Å². The molecule has 6 rings (SSSR count). The molecule has 0 spiro atoms. The van der Waals surface area contributed by atoms with E-state index in [0.717, 1.165) is 63.6 Å². The number of nitrogens with zero attached hydrogens (tertiary/aromatic N) is 8. The number of ether oxygens (including phenoxy) is 2. The van der Waals surface area contributed by atoms with Gasteiger partial charge in [0.25, 0.3) is 5.91 Å². The Balaban J connectivity index is 1.26. The predicted molar refractivity (Wildman–Crippen MR) is 128 cm³/mol. The van der Waals surface area contributed by atoms with E-state index in [-0.39, 0.29) is 5.91 Å². The van der Waals surface area contributed by atoms with Crippen molar-refractivity contribution < 1.29 is 14.3 Å². The molecule has 0 aliphatic carbocycles. The summed E-state index contributed by atoms with van der Waals surface area (Å²) in [6, 6.07) is 0.513. The number of carbonyl (C=O) groups is 1. The van der Waals surface area contributed by atoms with Gasteiger partial charge >= 0.3 is 0 Å². The Kier molecular flexibility index (Phi) is 6.08. The lowest BCUT2D eigenvalue weighted by Gasteiger charge is -2.39. The minimum atomic E-state index is -0.0840. The normalized spacial score (nSPS) is 20.6. The van der Waals surface area contributed by atoms with Crippen LogP contribution in [-0.2, 0) is 16.5 Å². The first-order valence-corrected chi connectivity index (χ1v) is 12.4. The molecule has 35 heavy (non-hydrogen) atoms. The largest absolute Gasteiger partial charge is 0.379 e. The number of fused-ring (bicyclic) bond motifs is 1. The third kappa shape index (κ3) is 4.48. The number of hydrogen-bond acceptors (Lipinski definition) is 9. The molecular formula is C23H31N9O3. The second kappa shape index (κ2) is 9.51. The van der Waals surface area contributed by atoms with Gasteiger partial charge in [-0.25, -0.2) is 15.0 Å². The standard InChI is InChI=1S/C23H31N9O3/c1-29-15-16(14-24-29)19-26-20-18(22(28-19)31-8-12-35-13-9-31)25-21(27-20)23(33)32-4-2-17(3-5-32)30-6-10-34-11-7-30/h14-15,17H,2-13H2,1H3,(H,25,26,27,28). The van der Waals surface area contributed by atoms with Crippen LogP contribution in [0.25, 0.3) is 22.6 Å². The van der Waals surface area contributed by atoms with Crippen molar-refractivity contribution in [3.8, 4) is 11.4 Å². The highest BCUT2D eigenvalue weighted by atomic mass is 16.5. The minimum Gasteiger partial charge on any atom is -0.379 e. The number of H-pyrrole nitrogens is 1. The number of nitrogens with one attached hydrogen (secondary N) is 1. The fourth-order valence-electron chi connectivity index (χ4n) is 5.17. The lowest BCUT2D eigenvalue weighted by Crippen LogP contribution is -2.50. The molecule has 3 aliphatic rings. The molecule has 0 radical (unpaired) electrons. The van der Waals surface area contributed by atoms with Crippen molar-refractivity contribution in [3.63, 3.8) is 0 Å². The number of amides is 1. The molecule has 0 bridgehead atoms. The van der Waals surface area contributed by atoms with E-state index in [1.807, 2.05) is 18.1 Å². The Hall–Kier alpha value is -3.09. The summed E-state index contributed by atoms with van der Waals surface area (Å²) in [6.07, 6.45) is 5.56. The highest BCUT2D eigenvalue weighted by Crippen LogP contribution is 2.27. The monoisotopic (exact) mass is 481 g/mol. The molecule has 12 heteroatoms. The van der Waals surface area contributed by atoms with E-state index in [1.165, 1.54) is 0 Å². The molecule has 0 saturated carbocycles. The summed E-state index contributed by atoms with van der Waals surface area (Å²) in [4.78, 5) is 37.4. The van der Waals surface area contributed by atoms with Gasteiger partial charge in [-0.15, -0.1) is 0 Å². The quantitative estimate of drug-likeness (QED) is 0.569. The zero-order chi connectivity index (χ0) is 23.8. The Bertz CT molecular complexity index is 1190. The smallest absolute Gasteiger partial charge is 0.289 e. The summed E-state index contributed by atoms with van der Waals surface area (Å²) < 4.78 is 12.7. The second-order valence-electron chi connectivity index (χ2n) is 9.33. The number of rotatable bonds is 4. The molecule has 6 heterocycles. The molecule has 3 fully saturated rings. The fraction of sp³-hybridized carbons (Fsp3) is 0.609. The minimum absolute atomic E-state index is 0.0840. The number of piperidine rings is 1. The van der Waals surface area contributed by atoms with E-state index in [2.05, 4.69) is 19.9 Å². The van der Waals surface area contributed by atoms with Gasteiger partial charge < -0.3 is 24.3 Å². The van der Waals surface area contributed by atoms with Gasteiger partial charge in [0.1, 0.15) is 0 Å². The number of morpholine rings is 2. The number of anilines is 1. The van der Waals surface area contributed by atoms with Gasteiger partial charge in [-0.1, -0.05) is 0 Å². The van der Waals surface area contributed by atoms with Crippen LogP contribution >= 0.6 is 0 Å². The second-order valence-corrected chi connectivity index (χ2v) is 9.33. The predicted octanol–water partition coefficient (Wildman–Crippen LogP) is 0.527. The highest BCUT2D eigenvalue weighted by Gasteiger charge is 2.30. The van der Waals surface area contributed by atoms with E-state index < -0.39 is 0 Å². The number of carbonyl (C=O) groups excluding carboxylic acids is 1. The van der Waals surface area contributed by atoms with Crippen LogP contribution in [0.5, 0.6) is 0 Å².